The van der Waals surface area contributed by atoms with Gasteiger partial charge in [-0.3, -0.25) is 4.79 Å². The number of carbonyl (C=O) groups is 2. The van der Waals surface area contributed by atoms with Gasteiger partial charge in [0.05, 0.1) is 18.9 Å². The SMILES string of the molecule is COc1cc(/C=N/NC(=O)C(C)Oc2ccc(OCc3ccccc3)cc2)ccc1OC(=O)c1ccc(Cl)cc1. The summed E-state index contributed by atoms with van der Waals surface area (Å²) in [4.78, 5) is 24.9. The molecule has 0 spiro atoms. The zero-order chi connectivity index (χ0) is 28.3. The van der Waals surface area contributed by atoms with Crippen LogP contribution in [0.4, 0.5) is 0 Å². The van der Waals surface area contributed by atoms with Crippen LogP contribution in [0.3, 0.4) is 0 Å². The molecule has 0 aliphatic carbocycles. The summed E-state index contributed by atoms with van der Waals surface area (Å²) in [7, 11) is 1.46. The second-order valence-electron chi connectivity index (χ2n) is 8.55. The van der Waals surface area contributed by atoms with Crippen LogP contribution in [0.25, 0.3) is 0 Å². The zero-order valence-corrected chi connectivity index (χ0v) is 22.6. The molecule has 9 heteroatoms. The van der Waals surface area contributed by atoms with Gasteiger partial charge in [0.15, 0.2) is 17.6 Å². The molecule has 0 radical (unpaired) electrons. The minimum absolute atomic E-state index is 0.238. The van der Waals surface area contributed by atoms with Crippen molar-refractivity contribution in [2.24, 2.45) is 5.10 Å². The van der Waals surface area contributed by atoms with Gasteiger partial charge in [-0.05, 0) is 84.8 Å². The van der Waals surface area contributed by atoms with E-state index in [2.05, 4.69) is 10.5 Å². The second kappa shape index (κ2) is 13.8. The van der Waals surface area contributed by atoms with E-state index in [0.29, 0.717) is 40.0 Å². The number of carbonyl (C=O) groups excluding carboxylic acids is 2. The number of nitrogens with one attached hydrogen (secondary N) is 1. The normalized spacial score (nSPS) is 11.5. The van der Waals surface area contributed by atoms with Gasteiger partial charge in [-0.25, -0.2) is 10.2 Å². The van der Waals surface area contributed by atoms with Gasteiger partial charge in [0.25, 0.3) is 5.91 Å². The van der Waals surface area contributed by atoms with E-state index in [1.54, 1.807) is 73.7 Å². The van der Waals surface area contributed by atoms with Crippen LogP contribution < -0.4 is 24.4 Å². The predicted octanol–water partition coefficient (Wildman–Crippen LogP) is 6.06. The molecule has 8 nitrogen and oxygen atoms in total. The van der Waals surface area contributed by atoms with Gasteiger partial charge in [0, 0.05) is 5.02 Å². The molecular formula is C31H27ClN2O6. The first-order valence-electron chi connectivity index (χ1n) is 12.3. The molecule has 1 amide bonds. The molecule has 0 aromatic heterocycles. The fourth-order valence-electron chi connectivity index (χ4n) is 3.47. The summed E-state index contributed by atoms with van der Waals surface area (Å²) < 4.78 is 22.3. The Morgan fingerprint density at radius 1 is 0.900 bits per heavy atom. The summed E-state index contributed by atoms with van der Waals surface area (Å²) in [6.45, 7) is 2.08. The third-order valence-electron chi connectivity index (χ3n) is 5.61. The summed E-state index contributed by atoms with van der Waals surface area (Å²) in [5.41, 5.74) is 4.49. The number of rotatable bonds is 11. The molecule has 1 atom stereocenters. The van der Waals surface area contributed by atoms with Crippen LogP contribution in [-0.4, -0.2) is 31.3 Å². The van der Waals surface area contributed by atoms with E-state index < -0.39 is 18.0 Å². The van der Waals surface area contributed by atoms with Crippen LogP contribution in [0.2, 0.25) is 5.02 Å². The Bertz CT molecular complexity index is 1460. The number of ether oxygens (including phenoxy) is 4. The van der Waals surface area contributed by atoms with Crippen LogP contribution in [0.1, 0.15) is 28.4 Å². The molecule has 4 rings (SSSR count). The Kier molecular flexibility index (Phi) is 9.74. The quantitative estimate of drug-likeness (QED) is 0.104. The predicted molar refractivity (Wildman–Crippen MR) is 152 cm³/mol. The lowest BCUT2D eigenvalue weighted by atomic mass is 10.2. The van der Waals surface area contributed by atoms with Gasteiger partial charge in [-0.15, -0.1) is 0 Å². The molecule has 0 saturated heterocycles. The lowest BCUT2D eigenvalue weighted by Gasteiger charge is -2.13. The van der Waals surface area contributed by atoms with E-state index >= 15 is 0 Å². The van der Waals surface area contributed by atoms with E-state index in [1.165, 1.54) is 13.3 Å². The third kappa shape index (κ3) is 8.09. The maximum atomic E-state index is 12.5. The minimum atomic E-state index is -0.794. The zero-order valence-electron chi connectivity index (χ0n) is 21.9. The number of benzene rings is 4. The number of halogens is 1. The minimum Gasteiger partial charge on any atom is -0.493 e. The van der Waals surface area contributed by atoms with Crippen LogP contribution in [0.5, 0.6) is 23.0 Å². The Hall–Kier alpha value is -4.82. The highest BCUT2D eigenvalue weighted by atomic mass is 35.5. The maximum absolute atomic E-state index is 12.5. The average molecular weight is 559 g/mol. The Morgan fingerprint density at radius 3 is 2.30 bits per heavy atom. The molecule has 0 aliphatic rings. The summed E-state index contributed by atoms with van der Waals surface area (Å²) in [5, 5.41) is 4.51. The Labute approximate surface area is 237 Å². The molecule has 4 aromatic rings. The molecule has 0 saturated carbocycles. The lowest BCUT2D eigenvalue weighted by Crippen LogP contribution is -2.33. The first-order chi connectivity index (χ1) is 19.4. The summed E-state index contributed by atoms with van der Waals surface area (Å²) in [5.74, 6) is 0.798. The second-order valence-corrected chi connectivity index (χ2v) is 8.98. The number of hydrazone groups is 1. The summed E-state index contributed by atoms with van der Waals surface area (Å²) in [6.07, 6.45) is 0.647. The van der Waals surface area contributed by atoms with E-state index in [9.17, 15) is 9.59 Å². The maximum Gasteiger partial charge on any atom is 0.343 e. The summed E-state index contributed by atoms with van der Waals surface area (Å²) in [6, 6.07) is 28.1. The van der Waals surface area contributed by atoms with Crippen molar-refractivity contribution in [1.29, 1.82) is 0 Å². The van der Waals surface area contributed by atoms with Crippen molar-refractivity contribution in [1.82, 2.24) is 5.43 Å². The number of nitrogens with zero attached hydrogens (tertiary/aromatic N) is 1. The van der Waals surface area contributed by atoms with Gasteiger partial charge in [0.1, 0.15) is 18.1 Å². The number of esters is 1. The van der Waals surface area contributed by atoms with Crippen LogP contribution in [-0.2, 0) is 11.4 Å². The van der Waals surface area contributed by atoms with E-state index in [1.807, 2.05) is 30.3 Å². The Balaban J connectivity index is 1.27. The molecule has 0 aliphatic heterocycles. The largest absolute Gasteiger partial charge is 0.493 e. The molecule has 4 aromatic carbocycles. The van der Waals surface area contributed by atoms with Gasteiger partial charge < -0.3 is 18.9 Å². The molecule has 204 valence electrons. The van der Waals surface area contributed by atoms with E-state index in [-0.39, 0.29) is 5.75 Å². The van der Waals surface area contributed by atoms with Crippen LogP contribution in [0, 0.1) is 0 Å². The third-order valence-corrected chi connectivity index (χ3v) is 5.86. The topological polar surface area (TPSA) is 95.5 Å². The molecule has 1 unspecified atom stereocenters. The van der Waals surface area contributed by atoms with Crippen molar-refractivity contribution in [3.63, 3.8) is 0 Å². The standard InChI is InChI=1S/C31H27ClN2O6/c1-21(39-27-15-13-26(14-16-27)38-20-22-6-4-3-5-7-22)30(35)34-33-19-23-8-17-28(29(18-23)37-2)40-31(36)24-9-11-25(32)12-10-24/h3-19,21H,20H2,1-2H3,(H,34,35)/b33-19+. The van der Waals surface area contributed by atoms with Gasteiger partial charge in [0.2, 0.25) is 0 Å². The summed E-state index contributed by atoms with van der Waals surface area (Å²) >= 11 is 5.87. The molecule has 1 N–H and O–H groups in total. The van der Waals surface area contributed by atoms with Crippen molar-refractivity contribution >= 4 is 29.7 Å². The first kappa shape index (κ1) is 28.2. The van der Waals surface area contributed by atoms with Crippen molar-refractivity contribution in [3.8, 4) is 23.0 Å². The highest BCUT2D eigenvalue weighted by Crippen LogP contribution is 2.28. The number of methoxy groups -OCH3 is 1. The highest BCUT2D eigenvalue weighted by molar-refractivity contribution is 6.30. The van der Waals surface area contributed by atoms with Crippen molar-refractivity contribution < 1.29 is 28.5 Å². The van der Waals surface area contributed by atoms with Crippen LogP contribution >= 0.6 is 11.6 Å². The van der Waals surface area contributed by atoms with Crippen molar-refractivity contribution in [2.75, 3.05) is 7.11 Å². The van der Waals surface area contributed by atoms with Gasteiger partial charge in [-0.1, -0.05) is 41.9 Å². The number of hydrogen-bond acceptors (Lipinski definition) is 7. The van der Waals surface area contributed by atoms with Gasteiger partial charge in [-0.2, -0.15) is 5.10 Å². The van der Waals surface area contributed by atoms with E-state index in [0.717, 1.165) is 5.56 Å². The fourth-order valence-corrected chi connectivity index (χ4v) is 3.59. The first-order valence-corrected chi connectivity index (χ1v) is 12.7. The molecule has 0 fully saturated rings. The van der Waals surface area contributed by atoms with Crippen molar-refractivity contribution in [2.45, 2.75) is 19.6 Å². The lowest BCUT2D eigenvalue weighted by molar-refractivity contribution is -0.127. The van der Waals surface area contributed by atoms with Crippen molar-refractivity contribution in [3.05, 3.63) is 119 Å². The fraction of sp³-hybridized carbons (Fsp3) is 0.129. The van der Waals surface area contributed by atoms with E-state index in [4.69, 9.17) is 30.5 Å². The Morgan fingerprint density at radius 2 is 1.60 bits per heavy atom. The highest BCUT2D eigenvalue weighted by Gasteiger charge is 2.15. The molecular weight excluding hydrogens is 532 g/mol. The number of hydrogen-bond donors (Lipinski definition) is 1. The smallest absolute Gasteiger partial charge is 0.343 e. The van der Waals surface area contributed by atoms with Gasteiger partial charge >= 0.3 is 5.97 Å². The average Bonchev–Trinajstić information content (AvgIpc) is 2.98. The molecule has 0 heterocycles. The molecule has 40 heavy (non-hydrogen) atoms. The van der Waals surface area contributed by atoms with Crippen LogP contribution in [0.15, 0.2) is 102 Å². The number of amides is 1. The molecule has 0 bridgehead atoms. The monoisotopic (exact) mass is 558 g/mol.